The number of nitrogens with zero attached hydrogens (tertiary/aromatic N) is 2. The fourth-order valence-electron chi connectivity index (χ4n) is 3.65. The van der Waals surface area contributed by atoms with E-state index in [-0.39, 0.29) is 0 Å². The molecule has 4 rings (SSSR count). The second-order valence-corrected chi connectivity index (χ2v) is 8.62. The predicted molar refractivity (Wildman–Crippen MR) is 127 cm³/mol. The molecule has 1 atom stereocenters. The van der Waals surface area contributed by atoms with Gasteiger partial charge in [-0.2, -0.15) is 0 Å². The normalized spacial score (nSPS) is 11.9. The molecule has 0 saturated carbocycles. The maximum absolute atomic E-state index is 11.6. The third kappa shape index (κ3) is 5.26. The van der Waals surface area contributed by atoms with Gasteiger partial charge in [0.15, 0.2) is 0 Å². The van der Waals surface area contributed by atoms with Gasteiger partial charge < -0.3 is 14.4 Å². The van der Waals surface area contributed by atoms with Crippen molar-refractivity contribution in [3.63, 3.8) is 0 Å². The molecule has 0 fully saturated rings. The molecular formula is C26H26N2O3S. The highest BCUT2D eigenvalue weighted by Crippen LogP contribution is 2.29. The van der Waals surface area contributed by atoms with Crippen molar-refractivity contribution >= 4 is 17.3 Å². The molecule has 0 amide bonds. The van der Waals surface area contributed by atoms with Gasteiger partial charge in [0.1, 0.15) is 16.8 Å². The molecule has 6 heteroatoms. The number of hydrogen-bond donors (Lipinski definition) is 1. The van der Waals surface area contributed by atoms with Crippen LogP contribution in [0, 0.1) is 0 Å². The van der Waals surface area contributed by atoms with Crippen molar-refractivity contribution in [2.75, 3.05) is 6.61 Å². The molecule has 0 spiro atoms. The van der Waals surface area contributed by atoms with Crippen LogP contribution in [-0.4, -0.2) is 27.2 Å². The van der Waals surface area contributed by atoms with Crippen LogP contribution in [-0.2, 0) is 24.1 Å². The molecule has 5 nitrogen and oxygen atoms in total. The van der Waals surface area contributed by atoms with Crippen LogP contribution in [0.25, 0.3) is 10.6 Å². The van der Waals surface area contributed by atoms with Gasteiger partial charge >= 0.3 is 5.97 Å². The number of ether oxygens (including phenoxy) is 1. The van der Waals surface area contributed by atoms with Crippen molar-refractivity contribution in [3.05, 3.63) is 95.3 Å². The van der Waals surface area contributed by atoms with Gasteiger partial charge in [0.05, 0.1) is 12.3 Å². The van der Waals surface area contributed by atoms with Crippen LogP contribution in [0.5, 0.6) is 5.75 Å². The van der Waals surface area contributed by atoms with Crippen LogP contribution in [0.1, 0.15) is 29.1 Å². The maximum Gasteiger partial charge on any atom is 0.327 e. The molecule has 4 aromatic rings. The summed E-state index contributed by atoms with van der Waals surface area (Å²) in [7, 11) is 0. The Morgan fingerprint density at radius 3 is 2.44 bits per heavy atom. The molecule has 0 aliphatic rings. The lowest BCUT2D eigenvalue weighted by Crippen LogP contribution is -2.20. The van der Waals surface area contributed by atoms with Crippen LogP contribution in [0.3, 0.4) is 0 Å². The summed E-state index contributed by atoms with van der Waals surface area (Å²) < 4.78 is 7.67. The third-order valence-electron chi connectivity index (χ3n) is 5.35. The highest BCUT2D eigenvalue weighted by atomic mass is 32.1. The Morgan fingerprint density at radius 1 is 1.06 bits per heavy atom. The monoisotopic (exact) mass is 446 g/mol. The summed E-state index contributed by atoms with van der Waals surface area (Å²) >= 11 is 1.75. The minimum atomic E-state index is -0.841. The van der Waals surface area contributed by atoms with Crippen LogP contribution in [0.2, 0.25) is 0 Å². The van der Waals surface area contributed by atoms with E-state index in [1.54, 1.807) is 28.3 Å². The zero-order valence-corrected chi connectivity index (χ0v) is 18.8. The van der Waals surface area contributed by atoms with E-state index in [4.69, 9.17) is 9.72 Å². The van der Waals surface area contributed by atoms with Gasteiger partial charge in [-0.1, -0.05) is 49.4 Å². The van der Waals surface area contributed by atoms with Crippen LogP contribution >= 0.6 is 11.3 Å². The van der Waals surface area contributed by atoms with Crippen LogP contribution in [0.4, 0.5) is 0 Å². The van der Waals surface area contributed by atoms with E-state index in [9.17, 15) is 9.90 Å². The Labute approximate surface area is 192 Å². The van der Waals surface area contributed by atoms with Gasteiger partial charge in [0.2, 0.25) is 0 Å². The number of hydrogen-bond acceptors (Lipinski definition) is 4. The molecule has 2 aromatic heterocycles. The lowest BCUT2D eigenvalue weighted by Gasteiger charge is -2.15. The molecule has 0 aliphatic carbocycles. The van der Waals surface area contributed by atoms with E-state index in [1.165, 1.54) is 4.88 Å². The van der Waals surface area contributed by atoms with Crippen molar-refractivity contribution in [2.24, 2.45) is 0 Å². The topological polar surface area (TPSA) is 64.3 Å². The molecule has 0 bridgehead atoms. The van der Waals surface area contributed by atoms with E-state index in [0.29, 0.717) is 13.0 Å². The fraction of sp³-hybridized carbons (Fsp3) is 0.231. The smallest absolute Gasteiger partial charge is 0.327 e. The quantitative estimate of drug-likeness (QED) is 0.341. The van der Waals surface area contributed by atoms with Gasteiger partial charge in [-0.3, -0.25) is 0 Å². The lowest BCUT2D eigenvalue weighted by molar-refractivity contribution is -0.140. The summed E-state index contributed by atoms with van der Waals surface area (Å²) in [6.45, 7) is 2.70. The third-order valence-corrected chi connectivity index (χ3v) is 6.64. The van der Waals surface area contributed by atoms with E-state index in [0.717, 1.165) is 40.4 Å². The molecule has 1 N–H and O–H groups in total. The Bertz CT molecular complexity index is 1140. The van der Waals surface area contributed by atoms with Crippen molar-refractivity contribution in [2.45, 2.75) is 32.2 Å². The average Bonchev–Trinajstić information content (AvgIpc) is 3.49. The number of benzene rings is 2. The van der Waals surface area contributed by atoms with Gasteiger partial charge in [-0.05, 0) is 36.2 Å². The number of aliphatic carboxylic acids is 1. The SMILES string of the molecule is CCc1sc(-c2ccccc2)nc1CCOc1ccc(C[C@@H](C(=O)O)n2cccc2)cc1. The summed E-state index contributed by atoms with van der Waals surface area (Å²) in [5.74, 6) is -0.0652. The first-order valence-electron chi connectivity index (χ1n) is 10.7. The average molecular weight is 447 g/mol. The predicted octanol–water partition coefficient (Wildman–Crippen LogP) is 5.66. The number of thiazole rings is 1. The summed E-state index contributed by atoms with van der Waals surface area (Å²) in [4.78, 5) is 17.8. The number of aromatic nitrogens is 2. The minimum absolute atomic E-state index is 0.422. The molecule has 2 aromatic carbocycles. The Morgan fingerprint density at radius 2 is 1.78 bits per heavy atom. The van der Waals surface area contributed by atoms with E-state index in [2.05, 4.69) is 19.1 Å². The molecule has 0 unspecified atom stereocenters. The molecular weight excluding hydrogens is 420 g/mol. The standard InChI is InChI=1S/C26H26N2O3S/c1-2-24-22(27-25(32-24)20-8-4-3-5-9-20)14-17-31-21-12-10-19(11-13-21)18-23(26(29)30)28-15-6-7-16-28/h3-13,15-16,23H,2,14,17-18H2,1H3,(H,29,30)/t23-/m0/s1. The number of carboxylic acid groups (broad SMARTS) is 1. The van der Waals surface area contributed by atoms with Gasteiger partial charge in [0, 0.05) is 35.7 Å². The van der Waals surface area contributed by atoms with E-state index >= 15 is 0 Å². The van der Waals surface area contributed by atoms with Gasteiger partial charge in [0.25, 0.3) is 0 Å². The molecule has 32 heavy (non-hydrogen) atoms. The largest absolute Gasteiger partial charge is 0.493 e. The fourth-order valence-corrected chi connectivity index (χ4v) is 4.70. The maximum atomic E-state index is 11.6. The second-order valence-electron chi connectivity index (χ2n) is 7.54. The summed E-state index contributed by atoms with van der Waals surface area (Å²) in [6.07, 6.45) is 5.69. The zero-order chi connectivity index (χ0) is 22.3. The van der Waals surface area contributed by atoms with E-state index in [1.807, 2.05) is 54.6 Å². The van der Waals surface area contributed by atoms with Crippen LogP contribution < -0.4 is 4.74 Å². The highest BCUT2D eigenvalue weighted by molar-refractivity contribution is 7.15. The van der Waals surface area contributed by atoms with Gasteiger partial charge in [-0.25, -0.2) is 9.78 Å². The highest BCUT2D eigenvalue weighted by Gasteiger charge is 2.19. The second kappa shape index (κ2) is 10.3. The number of carbonyl (C=O) groups is 1. The summed E-state index contributed by atoms with van der Waals surface area (Å²) in [6, 6.07) is 21.0. The molecule has 0 aliphatic heterocycles. The number of carboxylic acids is 1. The Kier molecular flexibility index (Phi) is 7.02. The summed E-state index contributed by atoms with van der Waals surface area (Å²) in [5.41, 5.74) is 3.21. The van der Waals surface area contributed by atoms with Crippen molar-refractivity contribution < 1.29 is 14.6 Å². The first-order valence-corrected chi connectivity index (χ1v) is 11.6. The lowest BCUT2D eigenvalue weighted by atomic mass is 10.1. The first-order chi connectivity index (χ1) is 15.6. The van der Waals surface area contributed by atoms with Gasteiger partial charge in [-0.15, -0.1) is 11.3 Å². The zero-order valence-electron chi connectivity index (χ0n) is 18.0. The van der Waals surface area contributed by atoms with Crippen molar-refractivity contribution in [1.82, 2.24) is 9.55 Å². The van der Waals surface area contributed by atoms with Crippen LogP contribution in [0.15, 0.2) is 79.1 Å². The molecule has 0 radical (unpaired) electrons. The Hall–Kier alpha value is -3.38. The minimum Gasteiger partial charge on any atom is -0.493 e. The van der Waals surface area contributed by atoms with Crippen molar-refractivity contribution in [3.8, 4) is 16.3 Å². The summed E-state index contributed by atoms with van der Waals surface area (Å²) in [5, 5.41) is 10.6. The number of aryl methyl sites for hydroxylation is 1. The molecule has 0 saturated heterocycles. The molecule has 2 heterocycles. The molecule has 164 valence electrons. The Balaban J connectivity index is 1.35. The number of rotatable bonds is 10. The van der Waals surface area contributed by atoms with Crippen molar-refractivity contribution in [1.29, 1.82) is 0 Å². The first kappa shape index (κ1) is 21.8. The van der Waals surface area contributed by atoms with E-state index < -0.39 is 12.0 Å².